The fourth-order valence-corrected chi connectivity index (χ4v) is 4.49. The van der Waals surface area contributed by atoms with Gasteiger partial charge in [0.2, 0.25) is 10.0 Å². The van der Waals surface area contributed by atoms with Crippen molar-refractivity contribution in [3.8, 4) is 6.07 Å². The molecule has 1 fully saturated rings. The highest BCUT2D eigenvalue weighted by Gasteiger charge is 2.29. The minimum atomic E-state index is -3.73. The van der Waals surface area contributed by atoms with Crippen LogP contribution >= 0.6 is 11.6 Å². The molecule has 1 saturated heterocycles. The van der Waals surface area contributed by atoms with E-state index >= 15 is 0 Å². The van der Waals surface area contributed by atoms with Gasteiger partial charge in [0.25, 0.3) is 0 Å². The van der Waals surface area contributed by atoms with Crippen molar-refractivity contribution in [2.45, 2.75) is 4.90 Å². The molecule has 0 unspecified atom stereocenters. The molecule has 0 amide bonds. The van der Waals surface area contributed by atoms with E-state index in [4.69, 9.17) is 11.6 Å². The summed E-state index contributed by atoms with van der Waals surface area (Å²) in [4.78, 5) is 1.96. The molecule has 1 aliphatic rings. The van der Waals surface area contributed by atoms with Crippen LogP contribution < -0.4 is 4.90 Å². The van der Waals surface area contributed by atoms with E-state index in [0.717, 1.165) is 17.8 Å². The van der Waals surface area contributed by atoms with Crippen molar-refractivity contribution >= 4 is 27.3 Å². The normalized spacial score (nSPS) is 15.8. The first kappa shape index (κ1) is 17.7. The van der Waals surface area contributed by atoms with Crippen molar-refractivity contribution in [2.24, 2.45) is 0 Å². The summed E-state index contributed by atoms with van der Waals surface area (Å²) >= 11 is 5.70. The molecule has 25 heavy (non-hydrogen) atoms. The van der Waals surface area contributed by atoms with Crippen molar-refractivity contribution < 1.29 is 12.8 Å². The number of hydrogen-bond acceptors (Lipinski definition) is 4. The molecule has 5 nitrogen and oxygen atoms in total. The Morgan fingerprint density at radius 1 is 1.08 bits per heavy atom. The summed E-state index contributed by atoms with van der Waals surface area (Å²) in [7, 11) is -3.73. The third kappa shape index (κ3) is 3.47. The lowest BCUT2D eigenvalue weighted by molar-refractivity contribution is 0.385. The zero-order chi connectivity index (χ0) is 18.0. The van der Waals surface area contributed by atoms with Gasteiger partial charge in [-0.3, -0.25) is 0 Å². The minimum Gasteiger partial charge on any atom is -0.368 e. The number of halogens is 2. The Bertz CT molecular complexity index is 935. The van der Waals surface area contributed by atoms with E-state index in [-0.39, 0.29) is 23.0 Å². The number of nitriles is 1. The van der Waals surface area contributed by atoms with E-state index in [2.05, 4.69) is 6.07 Å². The molecule has 0 N–H and O–H groups in total. The third-order valence-electron chi connectivity index (χ3n) is 4.13. The second-order valence-corrected chi connectivity index (χ2v) is 7.94. The predicted octanol–water partition coefficient (Wildman–Crippen LogP) is 2.86. The van der Waals surface area contributed by atoms with Crippen molar-refractivity contribution in [2.75, 3.05) is 31.1 Å². The van der Waals surface area contributed by atoms with Gasteiger partial charge in [-0.05, 0) is 30.3 Å². The quantitative estimate of drug-likeness (QED) is 0.822. The molecule has 2 aromatic rings. The number of nitrogens with zero attached hydrogens (tertiary/aromatic N) is 3. The molecule has 0 aromatic heterocycles. The molecule has 2 aromatic carbocycles. The van der Waals surface area contributed by atoms with Crippen LogP contribution in [0.25, 0.3) is 0 Å². The summed E-state index contributed by atoms with van der Waals surface area (Å²) in [6.45, 7) is 1.48. The number of sulfonamides is 1. The Hall–Kier alpha value is -2.14. The standard InChI is InChI=1S/C17H15ClFN3O2S/c18-15-11-14(5-6-16(15)19)25(23,24)22-9-7-21(8-10-22)17-4-2-1-3-13(17)12-20/h1-6,11H,7-10H2. The fourth-order valence-electron chi connectivity index (χ4n) is 2.80. The first-order chi connectivity index (χ1) is 11.9. The van der Waals surface area contributed by atoms with Crippen LogP contribution in [0.5, 0.6) is 0 Å². The maximum atomic E-state index is 13.3. The van der Waals surface area contributed by atoms with E-state index in [9.17, 15) is 18.1 Å². The Labute approximate surface area is 150 Å². The van der Waals surface area contributed by atoms with E-state index in [1.807, 2.05) is 17.0 Å². The number of benzene rings is 2. The van der Waals surface area contributed by atoms with Gasteiger partial charge in [-0.15, -0.1) is 0 Å². The van der Waals surface area contributed by atoms with E-state index < -0.39 is 15.8 Å². The van der Waals surface area contributed by atoms with Gasteiger partial charge in [0.1, 0.15) is 11.9 Å². The third-order valence-corrected chi connectivity index (χ3v) is 6.32. The highest BCUT2D eigenvalue weighted by atomic mass is 35.5. The van der Waals surface area contributed by atoms with Crippen LogP contribution in [-0.4, -0.2) is 38.9 Å². The second kappa shape index (κ2) is 7.00. The van der Waals surface area contributed by atoms with Gasteiger partial charge < -0.3 is 4.90 Å². The average molecular weight is 380 g/mol. The zero-order valence-electron chi connectivity index (χ0n) is 13.2. The number of para-hydroxylation sites is 1. The van der Waals surface area contributed by atoms with Crippen LogP contribution in [0, 0.1) is 17.1 Å². The summed E-state index contributed by atoms with van der Waals surface area (Å²) in [6, 6.07) is 12.8. The summed E-state index contributed by atoms with van der Waals surface area (Å²) in [5.41, 5.74) is 1.36. The maximum Gasteiger partial charge on any atom is 0.243 e. The largest absolute Gasteiger partial charge is 0.368 e. The molecule has 0 atom stereocenters. The van der Waals surface area contributed by atoms with Crippen LogP contribution in [0.1, 0.15) is 5.56 Å². The molecule has 8 heteroatoms. The van der Waals surface area contributed by atoms with Gasteiger partial charge in [-0.25, -0.2) is 12.8 Å². The lowest BCUT2D eigenvalue weighted by atomic mass is 10.1. The topological polar surface area (TPSA) is 64.4 Å². The monoisotopic (exact) mass is 379 g/mol. The summed E-state index contributed by atoms with van der Waals surface area (Å²) in [5.74, 6) is -0.654. The Morgan fingerprint density at radius 3 is 2.40 bits per heavy atom. The number of anilines is 1. The highest BCUT2D eigenvalue weighted by molar-refractivity contribution is 7.89. The van der Waals surface area contributed by atoms with Gasteiger partial charge in [0.15, 0.2) is 0 Å². The minimum absolute atomic E-state index is 0.0234. The van der Waals surface area contributed by atoms with Gasteiger partial charge in [0, 0.05) is 26.2 Å². The maximum absolute atomic E-state index is 13.3. The first-order valence-corrected chi connectivity index (χ1v) is 9.44. The molecule has 0 saturated carbocycles. The van der Waals surface area contributed by atoms with E-state index in [0.29, 0.717) is 18.7 Å². The molecule has 0 bridgehead atoms. The van der Waals surface area contributed by atoms with Crippen LogP contribution in [0.4, 0.5) is 10.1 Å². The zero-order valence-corrected chi connectivity index (χ0v) is 14.8. The molecule has 0 spiro atoms. The molecule has 1 aliphatic heterocycles. The molecule has 3 rings (SSSR count). The number of piperazine rings is 1. The van der Waals surface area contributed by atoms with Crippen molar-refractivity contribution in [1.82, 2.24) is 4.31 Å². The van der Waals surface area contributed by atoms with Gasteiger partial charge in [-0.2, -0.15) is 9.57 Å². The van der Waals surface area contributed by atoms with Crippen molar-refractivity contribution in [1.29, 1.82) is 5.26 Å². The van der Waals surface area contributed by atoms with Gasteiger partial charge in [0.05, 0.1) is 21.2 Å². The Kier molecular flexibility index (Phi) is 4.95. The van der Waals surface area contributed by atoms with Gasteiger partial charge >= 0.3 is 0 Å². The predicted molar refractivity (Wildman–Crippen MR) is 93.5 cm³/mol. The summed E-state index contributed by atoms with van der Waals surface area (Å²) in [5, 5.41) is 8.98. The molecule has 0 aliphatic carbocycles. The highest BCUT2D eigenvalue weighted by Crippen LogP contribution is 2.25. The van der Waals surface area contributed by atoms with E-state index in [1.165, 1.54) is 10.4 Å². The molecular formula is C17H15ClFN3O2S. The van der Waals surface area contributed by atoms with Crippen LogP contribution in [0.3, 0.4) is 0 Å². The lowest BCUT2D eigenvalue weighted by Gasteiger charge is -2.35. The lowest BCUT2D eigenvalue weighted by Crippen LogP contribution is -2.48. The first-order valence-electron chi connectivity index (χ1n) is 7.63. The van der Waals surface area contributed by atoms with Crippen LogP contribution in [0.15, 0.2) is 47.4 Å². The van der Waals surface area contributed by atoms with Crippen LogP contribution in [-0.2, 0) is 10.0 Å². The van der Waals surface area contributed by atoms with Crippen LogP contribution in [0.2, 0.25) is 5.02 Å². The SMILES string of the molecule is N#Cc1ccccc1N1CCN(S(=O)(=O)c2ccc(F)c(Cl)c2)CC1. The molecule has 130 valence electrons. The molecule has 1 heterocycles. The Morgan fingerprint density at radius 2 is 1.76 bits per heavy atom. The van der Waals surface area contributed by atoms with Crippen molar-refractivity contribution in [3.63, 3.8) is 0 Å². The molecule has 0 radical (unpaired) electrons. The average Bonchev–Trinajstić information content (AvgIpc) is 2.64. The summed E-state index contributed by atoms with van der Waals surface area (Å²) in [6.07, 6.45) is 0. The van der Waals surface area contributed by atoms with E-state index in [1.54, 1.807) is 12.1 Å². The number of hydrogen-bond donors (Lipinski definition) is 0. The molecular weight excluding hydrogens is 365 g/mol. The summed E-state index contributed by atoms with van der Waals surface area (Å²) < 4.78 is 40.0. The Balaban J connectivity index is 1.77. The fraction of sp³-hybridized carbons (Fsp3) is 0.235. The second-order valence-electron chi connectivity index (χ2n) is 5.60. The van der Waals surface area contributed by atoms with Gasteiger partial charge in [-0.1, -0.05) is 23.7 Å². The smallest absolute Gasteiger partial charge is 0.243 e. The van der Waals surface area contributed by atoms with Crippen molar-refractivity contribution in [3.05, 3.63) is 58.9 Å². The number of rotatable bonds is 3.